The summed E-state index contributed by atoms with van der Waals surface area (Å²) in [6.07, 6.45) is 1.63. The smallest absolute Gasteiger partial charge is 0.129 e. The fraction of sp³-hybridized carbons (Fsp3) is 0.250. The SMILES string of the molecule is COc1ccc(CN(C)c2cc(C#N)ccn2)c(OC)c1. The minimum atomic E-state index is 0.591. The topological polar surface area (TPSA) is 58.4 Å². The monoisotopic (exact) mass is 283 g/mol. The first kappa shape index (κ1) is 14.7. The molecule has 1 aromatic carbocycles. The van der Waals surface area contributed by atoms with Crippen LogP contribution in [0, 0.1) is 11.3 Å². The second-order valence-corrected chi connectivity index (χ2v) is 4.55. The Morgan fingerprint density at radius 3 is 2.67 bits per heavy atom. The van der Waals surface area contributed by atoms with Crippen molar-refractivity contribution in [2.75, 3.05) is 26.2 Å². The Bertz CT molecular complexity index is 665. The average Bonchev–Trinajstić information content (AvgIpc) is 2.55. The summed E-state index contributed by atoms with van der Waals surface area (Å²) < 4.78 is 10.6. The standard InChI is InChI=1S/C16H17N3O2/c1-19(16-8-12(10-17)6-7-18-16)11-13-4-5-14(20-2)9-15(13)21-3/h4-9H,11H2,1-3H3. The Balaban J connectivity index is 2.22. The highest BCUT2D eigenvalue weighted by molar-refractivity contribution is 5.47. The molecule has 0 spiro atoms. The third-order valence-electron chi connectivity index (χ3n) is 3.17. The van der Waals surface area contributed by atoms with Gasteiger partial charge in [-0.15, -0.1) is 0 Å². The van der Waals surface area contributed by atoms with Crippen molar-refractivity contribution in [3.63, 3.8) is 0 Å². The van der Waals surface area contributed by atoms with E-state index in [1.807, 2.05) is 30.1 Å². The van der Waals surface area contributed by atoms with Gasteiger partial charge >= 0.3 is 0 Å². The second-order valence-electron chi connectivity index (χ2n) is 4.55. The van der Waals surface area contributed by atoms with Gasteiger partial charge in [-0.05, 0) is 24.3 Å². The molecular formula is C16H17N3O2. The van der Waals surface area contributed by atoms with E-state index in [1.54, 1.807) is 32.5 Å². The minimum Gasteiger partial charge on any atom is -0.497 e. The van der Waals surface area contributed by atoms with E-state index in [-0.39, 0.29) is 0 Å². The molecule has 21 heavy (non-hydrogen) atoms. The lowest BCUT2D eigenvalue weighted by atomic mass is 10.1. The average molecular weight is 283 g/mol. The molecule has 0 amide bonds. The fourth-order valence-electron chi connectivity index (χ4n) is 2.02. The van der Waals surface area contributed by atoms with E-state index in [4.69, 9.17) is 14.7 Å². The van der Waals surface area contributed by atoms with Gasteiger partial charge in [-0.2, -0.15) is 5.26 Å². The van der Waals surface area contributed by atoms with Gasteiger partial charge in [-0.1, -0.05) is 0 Å². The van der Waals surface area contributed by atoms with Crippen LogP contribution in [0.15, 0.2) is 36.5 Å². The van der Waals surface area contributed by atoms with Crippen LogP contribution in [0.25, 0.3) is 0 Å². The van der Waals surface area contributed by atoms with Crippen molar-refractivity contribution in [3.05, 3.63) is 47.7 Å². The number of anilines is 1. The zero-order chi connectivity index (χ0) is 15.2. The summed E-state index contributed by atoms with van der Waals surface area (Å²) in [4.78, 5) is 6.25. The molecule has 108 valence electrons. The highest BCUT2D eigenvalue weighted by Gasteiger charge is 2.10. The van der Waals surface area contributed by atoms with Crippen LogP contribution in [0.1, 0.15) is 11.1 Å². The number of hydrogen-bond donors (Lipinski definition) is 0. The zero-order valence-corrected chi connectivity index (χ0v) is 12.3. The van der Waals surface area contributed by atoms with Crippen LogP contribution >= 0.6 is 0 Å². The van der Waals surface area contributed by atoms with E-state index in [2.05, 4.69) is 11.1 Å². The zero-order valence-electron chi connectivity index (χ0n) is 12.3. The first-order valence-corrected chi connectivity index (χ1v) is 6.46. The molecule has 0 bridgehead atoms. The first-order valence-electron chi connectivity index (χ1n) is 6.46. The van der Waals surface area contributed by atoms with Crippen molar-refractivity contribution in [1.82, 2.24) is 4.98 Å². The lowest BCUT2D eigenvalue weighted by Crippen LogP contribution is -2.18. The van der Waals surface area contributed by atoms with Crippen LogP contribution in [0.5, 0.6) is 11.5 Å². The molecule has 0 aliphatic carbocycles. The minimum absolute atomic E-state index is 0.591. The van der Waals surface area contributed by atoms with Crippen LogP contribution in [0.2, 0.25) is 0 Å². The summed E-state index contributed by atoms with van der Waals surface area (Å²) in [6, 6.07) is 11.3. The van der Waals surface area contributed by atoms with E-state index >= 15 is 0 Å². The van der Waals surface area contributed by atoms with Crippen molar-refractivity contribution >= 4 is 5.82 Å². The highest BCUT2D eigenvalue weighted by Crippen LogP contribution is 2.26. The van der Waals surface area contributed by atoms with Gasteiger partial charge in [0.25, 0.3) is 0 Å². The van der Waals surface area contributed by atoms with Crippen LogP contribution in [0.4, 0.5) is 5.82 Å². The van der Waals surface area contributed by atoms with Crippen molar-refractivity contribution in [2.24, 2.45) is 0 Å². The largest absolute Gasteiger partial charge is 0.497 e. The van der Waals surface area contributed by atoms with E-state index in [0.29, 0.717) is 12.1 Å². The molecule has 0 unspecified atom stereocenters. The Morgan fingerprint density at radius 1 is 1.19 bits per heavy atom. The number of aromatic nitrogens is 1. The maximum atomic E-state index is 8.94. The van der Waals surface area contributed by atoms with Gasteiger partial charge in [0.2, 0.25) is 0 Å². The number of rotatable bonds is 5. The first-order chi connectivity index (χ1) is 10.2. The predicted octanol–water partition coefficient (Wildman–Crippen LogP) is 2.61. The predicted molar refractivity (Wildman–Crippen MR) is 80.6 cm³/mol. The highest BCUT2D eigenvalue weighted by atomic mass is 16.5. The Hall–Kier alpha value is -2.74. The molecule has 1 heterocycles. The molecule has 0 aliphatic rings. The lowest BCUT2D eigenvalue weighted by Gasteiger charge is -2.20. The number of hydrogen-bond acceptors (Lipinski definition) is 5. The Morgan fingerprint density at radius 2 is 2.00 bits per heavy atom. The number of ether oxygens (including phenoxy) is 2. The molecule has 0 atom stereocenters. The molecule has 0 saturated heterocycles. The number of benzene rings is 1. The molecule has 2 aromatic rings. The van der Waals surface area contributed by atoms with Gasteiger partial charge in [-0.25, -0.2) is 4.98 Å². The van der Waals surface area contributed by atoms with E-state index in [0.717, 1.165) is 22.9 Å². The number of nitrogens with zero attached hydrogens (tertiary/aromatic N) is 3. The van der Waals surface area contributed by atoms with Gasteiger partial charge in [0.1, 0.15) is 17.3 Å². The van der Waals surface area contributed by atoms with E-state index in [9.17, 15) is 0 Å². The molecule has 1 aromatic heterocycles. The molecule has 0 saturated carbocycles. The maximum absolute atomic E-state index is 8.94. The normalized spacial score (nSPS) is 9.81. The molecule has 0 radical (unpaired) electrons. The summed E-state index contributed by atoms with van der Waals surface area (Å²) in [6.45, 7) is 0.620. The van der Waals surface area contributed by atoms with Crippen molar-refractivity contribution < 1.29 is 9.47 Å². The third-order valence-corrected chi connectivity index (χ3v) is 3.17. The maximum Gasteiger partial charge on any atom is 0.129 e. The van der Waals surface area contributed by atoms with Crippen LogP contribution in [-0.2, 0) is 6.54 Å². The molecular weight excluding hydrogens is 266 g/mol. The van der Waals surface area contributed by atoms with Crippen LogP contribution < -0.4 is 14.4 Å². The molecule has 0 fully saturated rings. The summed E-state index contributed by atoms with van der Waals surface area (Å²) >= 11 is 0. The fourth-order valence-corrected chi connectivity index (χ4v) is 2.02. The van der Waals surface area contributed by atoms with Gasteiger partial charge in [0.05, 0.1) is 25.9 Å². The van der Waals surface area contributed by atoms with Gasteiger partial charge in [0, 0.05) is 31.4 Å². The summed E-state index contributed by atoms with van der Waals surface area (Å²) in [5, 5.41) is 8.94. The quantitative estimate of drug-likeness (QED) is 0.844. The molecule has 0 N–H and O–H groups in total. The molecule has 5 heteroatoms. The molecule has 5 nitrogen and oxygen atoms in total. The van der Waals surface area contributed by atoms with Crippen LogP contribution in [-0.4, -0.2) is 26.3 Å². The number of methoxy groups -OCH3 is 2. The summed E-state index contributed by atoms with van der Waals surface area (Å²) in [5.41, 5.74) is 1.61. The van der Waals surface area contributed by atoms with Crippen molar-refractivity contribution in [1.29, 1.82) is 5.26 Å². The Labute approximate surface area is 124 Å². The lowest BCUT2D eigenvalue weighted by molar-refractivity contribution is 0.391. The van der Waals surface area contributed by atoms with Crippen molar-refractivity contribution in [2.45, 2.75) is 6.54 Å². The summed E-state index contributed by atoms with van der Waals surface area (Å²) in [5.74, 6) is 2.26. The number of nitriles is 1. The summed E-state index contributed by atoms with van der Waals surface area (Å²) in [7, 11) is 5.18. The third kappa shape index (κ3) is 3.42. The molecule has 2 rings (SSSR count). The van der Waals surface area contributed by atoms with Gasteiger partial charge in [0.15, 0.2) is 0 Å². The van der Waals surface area contributed by atoms with Crippen molar-refractivity contribution in [3.8, 4) is 17.6 Å². The molecule has 0 aliphatic heterocycles. The number of pyridine rings is 1. The van der Waals surface area contributed by atoms with E-state index < -0.39 is 0 Å². The van der Waals surface area contributed by atoms with Gasteiger partial charge in [-0.3, -0.25) is 0 Å². The van der Waals surface area contributed by atoms with Crippen LogP contribution in [0.3, 0.4) is 0 Å². The Kier molecular flexibility index (Phi) is 4.62. The van der Waals surface area contributed by atoms with Gasteiger partial charge < -0.3 is 14.4 Å². The second kappa shape index (κ2) is 6.62. The van der Waals surface area contributed by atoms with E-state index in [1.165, 1.54) is 0 Å².